The molecule has 0 saturated heterocycles. The van der Waals surface area contributed by atoms with Crippen LogP contribution in [0.25, 0.3) is 0 Å². The molecule has 8 atom stereocenters. The summed E-state index contributed by atoms with van der Waals surface area (Å²) in [5.41, 5.74) is 0. The summed E-state index contributed by atoms with van der Waals surface area (Å²) in [5, 5.41) is 32.0. The van der Waals surface area contributed by atoms with Gasteiger partial charge in [-0.25, -0.2) is 9.13 Å². The summed E-state index contributed by atoms with van der Waals surface area (Å²) >= 11 is 0. The van der Waals surface area contributed by atoms with E-state index in [2.05, 4.69) is 87.1 Å². The first kappa shape index (κ1) is 107. The third-order valence-corrected chi connectivity index (χ3v) is 21.3. The number of phosphoric acid groups is 2. The minimum Gasteiger partial charge on any atom is -0.462 e. The van der Waals surface area contributed by atoms with Crippen LogP contribution in [0.15, 0.2) is 24.3 Å². The quantitative estimate of drug-likeness (QED) is 0.00922. The molecule has 111 heavy (non-hydrogen) atoms. The first-order chi connectivity index (χ1) is 53.7. The van der Waals surface area contributed by atoms with E-state index in [1.807, 2.05) is 0 Å². The van der Waals surface area contributed by atoms with Crippen LogP contribution in [0.4, 0.5) is 0 Å². The number of esters is 2. The Labute approximate surface area is 672 Å². The zero-order chi connectivity index (χ0) is 81.8. The minimum atomic E-state index is -4.81. The minimum absolute atomic E-state index is 0.148. The van der Waals surface area contributed by atoms with Gasteiger partial charge in [-0.1, -0.05) is 271 Å². The number of carbonyl (C=O) groups is 6. The third-order valence-electron chi connectivity index (χ3n) is 19.4. The van der Waals surface area contributed by atoms with Crippen LogP contribution >= 0.6 is 15.6 Å². The monoisotopic (exact) mass is 1620 g/mol. The number of amides is 4. The Hall–Kier alpha value is -3.64. The van der Waals surface area contributed by atoms with E-state index in [-0.39, 0.29) is 76.5 Å². The van der Waals surface area contributed by atoms with E-state index in [1.54, 1.807) is 0 Å². The van der Waals surface area contributed by atoms with Gasteiger partial charge in [0.15, 0.2) is 0 Å². The average Bonchev–Trinajstić information content (AvgIpc) is 0.911. The Morgan fingerprint density at radius 3 is 0.946 bits per heavy atom. The fraction of sp³-hybridized carbons (Fsp3) is 0.882. The summed E-state index contributed by atoms with van der Waals surface area (Å²) in [6.45, 7) is 10.4. The molecular formula is C85H162N4O20P2. The molecule has 24 nitrogen and oxygen atoms in total. The van der Waals surface area contributed by atoms with Gasteiger partial charge >= 0.3 is 27.6 Å². The Kier molecular flexibility index (Phi) is 75.0. The Morgan fingerprint density at radius 2 is 0.622 bits per heavy atom. The summed E-state index contributed by atoms with van der Waals surface area (Å²) in [7, 11) is -9.62. The van der Waals surface area contributed by atoms with Crippen molar-refractivity contribution >= 4 is 51.2 Å². The summed E-state index contributed by atoms with van der Waals surface area (Å²) < 4.78 is 71.2. The predicted octanol–water partition coefficient (Wildman–Crippen LogP) is 18.9. The van der Waals surface area contributed by atoms with Crippen molar-refractivity contribution in [3.05, 3.63) is 24.3 Å². The molecule has 0 aliphatic heterocycles. The van der Waals surface area contributed by atoms with Crippen LogP contribution in [0.2, 0.25) is 0 Å². The van der Waals surface area contributed by atoms with Gasteiger partial charge in [0.05, 0.1) is 90.0 Å². The number of aliphatic hydroxyl groups is 2. The SMILES string of the molecule is CCCCCCC=CCCCC(=O)O[C@H](CCCCCCC)CCOCC(COP(=O)(O)OCCNC(=O)CC(=O)NCCOP(=O)(O)OCC(COCC[C@@H](CCCCCCC)OC(=O)CCCC=CCCCCCC)NC(=O)C[C@H](O)CCCCCCCCCCC)NC(=O)C[C@H](O)CCCCCCCCCCC. The fourth-order valence-corrected chi connectivity index (χ4v) is 14.2. The van der Waals surface area contributed by atoms with Crippen LogP contribution < -0.4 is 21.3 Å². The zero-order valence-corrected chi connectivity index (χ0v) is 72.3. The zero-order valence-electron chi connectivity index (χ0n) is 70.5. The van der Waals surface area contributed by atoms with Crippen LogP contribution in [0.1, 0.15) is 382 Å². The van der Waals surface area contributed by atoms with E-state index in [9.17, 15) is 57.9 Å². The maximum Gasteiger partial charge on any atom is 0.472 e. The first-order valence-corrected chi connectivity index (χ1v) is 47.3. The highest BCUT2D eigenvalue weighted by Gasteiger charge is 2.28. The maximum atomic E-state index is 13.3. The summed E-state index contributed by atoms with van der Waals surface area (Å²) in [6.07, 6.45) is 53.6. The molecule has 0 aliphatic rings. The molecule has 652 valence electrons. The highest BCUT2D eigenvalue weighted by atomic mass is 31.2. The van der Waals surface area contributed by atoms with Gasteiger partial charge < -0.3 is 60.2 Å². The second-order valence-electron chi connectivity index (χ2n) is 30.3. The van der Waals surface area contributed by atoms with Crippen molar-refractivity contribution < 1.29 is 94.9 Å². The van der Waals surface area contributed by atoms with Gasteiger partial charge in [-0.05, 0) is 89.9 Å². The number of nitrogens with one attached hydrogen (secondary N) is 4. The fourth-order valence-electron chi connectivity index (χ4n) is 12.7. The lowest BCUT2D eigenvalue weighted by atomic mass is 10.0. The van der Waals surface area contributed by atoms with Gasteiger partial charge in [-0.2, -0.15) is 0 Å². The molecule has 0 heterocycles. The van der Waals surface area contributed by atoms with Crippen LogP contribution in [0, 0.1) is 0 Å². The number of hydrogen-bond acceptors (Lipinski definition) is 18. The molecule has 0 radical (unpaired) electrons. The van der Waals surface area contributed by atoms with Gasteiger partial charge in [-0.3, -0.25) is 46.9 Å². The number of ether oxygens (including phenoxy) is 4. The second kappa shape index (κ2) is 77.6. The molecule has 8 N–H and O–H groups in total. The van der Waals surface area contributed by atoms with Crippen LogP contribution in [0.3, 0.4) is 0 Å². The molecule has 0 aromatic rings. The third kappa shape index (κ3) is 74.9. The summed E-state index contributed by atoms with van der Waals surface area (Å²) in [4.78, 5) is 99.6. The smallest absolute Gasteiger partial charge is 0.462 e. The van der Waals surface area contributed by atoms with Gasteiger partial charge in [0, 0.05) is 38.8 Å². The molecule has 0 aromatic heterocycles. The van der Waals surface area contributed by atoms with E-state index < -0.39 is 96.4 Å². The summed E-state index contributed by atoms with van der Waals surface area (Å²) in [5.74, 6) is -3.10. The standard InChI is InChI=1S/C85H162N4O20P2/c1-7-13-19-25-29-33-37-43-47-53-76(90)67-82(94)88-74(70-102-63-59-78(55-49-41-23-17-11-5)108-84(96)57-51-45-39-35-31-27-21-15-9-3)72-106-110(98,99)104-65-61-86-80(92)69-81(93)87-62-66-105-111(100,101)107-73-75(89-83(95)68-77(91)54-48-44-38-34-30-26-20-14-8-2)71-103-64-60-79(56-50-42-24-18-12-6)109-85(97)58-52-46-40-36-32-28-22-16-10-4/h35-36,39-40,74-79,90-91H,7-34,37-38,41-73H2,1-6H3,(H,86,92)(H,87,93)(H,88,94)(H,89,95)(H,98,99)(H,100,101)/t74?,75?,76-,77-,78-,79-/m1/s1. The molecule has 0 rings (SSSR count). The molecule has 4 amide bonds. The van der Waals surface area contributed by atoms with Crippen LogP contribution in [-0.4, -0.2) is 158 Å². The van der Waals surface area contributed by atoms with E-state index in [1.165, 1.54) is 103 Å². The van der Waals surface area contributed by atoms with Crippen LogP contribution in [-0.2, 0) is 74.9 Å². The molecule has 0 aliphatic carbocycles. The Balaban J connectivity index is 5.66. The number of aliphatic hydroxyl groups excluding tert-OH is 2. The lowest BCUT2D eigenvalue weighted by Crippen LogP contribution is -2.42. The highest BCUT2D eigenvalue weighted by Crippen LogP contribution is 2.44. The van der Waals surface area contributed by atoms with Crippen molar-refractivity contribution in [3.63, 3.8) is 0 Å². The van der Waals surface area contributed by atoms with Gasteiger partial charge in [0.1, 0.15) is 18.6 Å². The van der Waals surface area contributed by atoms with Crippen molar-refractivity contribution in [1.29, 1.82) is 0 Å². The number of rotatable bonds is 84. The van der Waals surface area contributed by atoms with Crippen molar-refractivity contribution in [2.75, 3.05) is 65.9 Å². The Morgan fingerprint density at radius 1 is 0.333 bits per heavy atom. The lowest BCUT2D eigenvalue weighted by molar-refractivity contribution is -0.151. The van der Waals surface area contributed by atoms with Gasteiger partial charge in [0.25, 0.3) is 0 Å². The second-order valence-corrected chi connectivity index (χ2v) is 33.2. The molecule has 26 heteroatoms. The molecule has 0 aromatic carbocycles. The lowest BCUT2D eigenvalue weighted by Gasteiger charge is -2.22. The first-order valence-electron chi connectivity index (χ1n) is 44.3. The maximum absolute atomic E-state index is 13.3. The van der Waals surface area contributed by atoms with Crippen LogP contribution in [0.5, 0.6) is 0 Å². The van der Waals surface area contributed by atoms with Crippen molar-refractivity contribution in [2.45, 2.75) is 418 Å². The van der Waals surface area contributed by atoms with Gasteiger partial charge in [-0.15, -0.1) is 0 Å². The van der Waals surface area contributed by atoms with E-state index >= 15 is 0 Å². The number of phosphoric ester groups is 2. The number of allylic oxidation sites excluding steroid dienone is 4. The molecular weight excluding hydrogens is 1460 g/mol. The molecule has 0 bridgehead atoms. The number of unbranched alkanes of at least 4 members (excludes halogenated alkanes) is 34. The normalized spacial score (nSPS) is 14.5. The molecule has 0 spiro atoms. The van der Waals surface area contributed by atoms with Gasteiger partial charge in [0.2, 0.25) is 23.6 Å². The number of carbonyl (C=O) groups excluding carboxylic acids is 6. The van der Waals surface area contributed by atoms with Crippen molar-refractivity contribution in [1.82, 2.24) is 21.3 Å². The predicted molar refractivity (Wildman–Crippen MR) is 444 cm³/mol. The molecule has 0 fully saturated rings. The summed E-state index contributed by atoms with van der Waals surface area (Å²) in [6, 6.07) is -1.91. The van der Waals surface area contributed by atoms with E-state index in [0.29, 0.717) is 64.2 Å². The highest BCUT2D eigenvalue weighted by molar-refractivity contribution is 7.47. The average molecular weight is 1620 g/mol. The molecule has 4 unspecified atom stereocenters. The van der Waals surface area contributed by atoms with Crippen molar-refractivity contribution in [3.8, 4) is 0 Å². The Bertz CT molecular complexity index is 2240. The molecule has 0 saturated carbocycles. The largest absolute Gasteiger partial charge is 0.472 e. The number of hydrogen-bond donors (Lipinski definition) is 8. The topological polar surface area (TPSA) is 339 Å². The van der Waals surface area contributed by atoms with E-state index in [0.717, 1.165) is 154 Å². The van der Waals surface area contributed by atoms with Crippen molar-refractivity contribution in [2.24, 2.45) is 0 Å². The van der Waals surface area contributed by atoms with E-state index in [4.69, 9.17) is 37.0 Å².